The quantitative estimate of drug-likeness (QED) is 0.934. The fourth-order valence-corrected chi connectivity index (χ4v) is 3.45. The molecule has 3 rings (SSSR count). The van der Waals surface area contributed by atoms with Crippen LogP contribution < -0.4 is 5.73 Å². The molecule has 2 aromatic rings. The highest BCUT2D eigenvalue weighted by molar-refractivity contribution is 5.35. The first-order chi connectivity index (χ1) is 10.2. The summed E-state index contributed by atoms with van der Waals surface area (Å²) in [6.07, 6.45) is 3.57. The van der Waals surface area contributed by atoms with Gasteiger partial charge in [0, 0.05) is 11.3 Å². The van der Waals surface area contributed by atoms with Crippen LogP contribution in [0.2, 0.25) is 0 Å². The summed E-state index contributed by atoms with van der Waals surface area (Å²) in [7, 11) is 0. The van der Waals surface area contributed by atoms with Crippen molar-refractivity contribution in [2.45, 2.75) is 51.5 Å². The monoisotopic (exact) mass is 283 g/mol. The van der Waals surface area contributed by atoms with Gasteiger partial charge in [-0.2, -0.15) is 5.10 Å². The lowest BCUT2D eigenvalue weighted by Gasteiger charge is -2.23. The van der Waals surface area contributed by atoms with E-state index < -0.39 is 0 Å². The van der Waals surface area contributed by atoms with Crippen molar-refractivity contribution < 1.29 is 0 Å². The van der Waals surface area contributed by atoms with E-state index in [1.54, 1.807) is 0 Å². The summed E-state index contributed by atoms with van der Waals surface area (Å²) in [5.74, 6) is 0.957. The third kappa shape index (κ3) is 2.75. The van der Waals surface area contributed by atoms with Gasteiger partial charge in [-0.3, -0.25) is 4.68 Å². The predicted octanol–water partition coefficient (Wildman–Crippen LogP) is 3.43. The van der Waals surface area contributed by atoms with Gasteiger partial charge in [0.05, 0.1) is 12.2 Å². The van der Waals surface area contributed by atoms with Gasteiger partial charge >= 0.3 is 0 Å². The Bertz CT molecular complexity index is 598. The Morgan fingerprint density at radius 1 is 1.29 bits per heavy atom. The molecule has 0 radical (unpaired) electrons. The molecule has 112 valence electrons. The predicted molar refractivity (Wildman–Crippen MR) is 86.6 cm³/mol. The van der Waals surface area contributed by atoms with E-state index in [-0.39, 0.29) is 0 Å². The van der Waals surface area contributed by atoms with Crippen LogP contribution in [0.4, 0.5) is 0 Å². The lowest BCUT2D eigenvalue weighted by atomic mass is 9.83. The van der Waals surface area contributed by atoms with Crippen LogP contribution in [0.5, 0.6) is 0 Å². The minimum absolute atomic E-state index is 0.461. The first-order valence-electron chi connectivity index (χ1n) is 8.04. The summed E-state index contributed by atoms with van der Waals surface area (Å²) in [5.41, 5.74) is 11.5. The molecule has 0 saturated heterocycles. The number of fused-ring (bicyclic) bond motifs is 1. The first kappa shape index (κ1) is 14.3. The Kier molecular flexibility index (Phi) is 4.11. The number of hydrogen-bond acceptors (Lipinski definition) is 2. The molecule has 2 N–H and O–H groups in total. The van der Waals surface area contributed by atoms with E-state index in [0.29, 0.717) is 11.8 Å². The topological polar surface area (TPSA) is 43.8 Å². The van der Waals surface area contributed by atoms with E-state index in [4.69, 9.17) is 10.8 Å². The smallest absolute Gasteiger partial charge is 0.0688 e. The van der Waals surface area contributed by atoms with Crippen LogP contribution in [-0.4, -0.2) is 16.3 Å². The summed E-state index contributed by atoms with van der Waals surface area (Å²) in [6.45, 7) is 6.08. The van der Waals surface area contributed by atoms with E-state index in [0.717, 1.165) is 19.5 Å². The van der Waals surface area contributed by atoms with Gasteiger partial charge in [-0.25, -0.2) is 0 Å². The molecular weight excluding hydrogens is 258 g/mol. The Labute approximate surface area is 127 Å². The molecule has 3 heteroatoms. The highest BCUT2D eigenvalue weighted by Gasteiger charge is 2.28. The number of nitrogens with two attached hydrogens (primary N) is 1. The zero-order chi connectivity index (χ0) is 14.8. The van der Waals surface area contributed by atoms with Gasteiger partial charge in [0.25, 0.3) is 0 Å². The molecule has 0 bridgehead atoms. The zero-order valence-electron chi connectivity index (χ0n) is 13.0. The summed E-state index contributed by atoms with van der Waals surface area (Å²) in [5, 5.41) is 4.95. The maximum absolute atomic E-state index is 6.01. The van der Waals surface area contributed by atoms with Gasteiger partial charge in [0.15, 0.2) is 0 Å². The molecule has 1 aromatic carbocycles. The third-order valence-electron chi connectivity index (χ3n) is 4.51. The second-order valence-electron chi connectivity index (χ2n) is 6.37. The minimum Gasteiger partial charge on any atom is -0.330 e. The van der Waals surface area contributed by atoms with Crippen LogP contribution >= 0.6 is 0 Å². The normalized spacial score (nSPS) is 18.0. The number of benzene rings is 1. The van der Waals surface area contributed by atoms with Gasteiger partial charge in [-0.15, -0.1) is 0 Å². The van der Waals surface area contributed by atoms with Gasteiger partial charge in [-0.05, 0) is 43.2 Å². The van der Waals surface area contributed by atoms with Gasteiger partial charge < -0.3 is 5.73 Å². The number of hydrogen-bond donors (Lipinski definition) is 1. The van der Waals surface area contributed by atoms with Crippen LogP contribution in [0.15, 0.2) is 30.3 Å². The van der Waals surface area contributed by atoms with Crippen LogP contribution in [0, 0.1) is 0 Å². The fourth-order valence-electron chi connectivity index (χ4n) is 3.45. The molecule has 1 atom stereocenters. The van der Waals surface area contributed by atoms with Crippen molar-refractivity contribution in [3.63, 3.8) is 0 Å². The third-order valence-corrected chi connectivity index (χ3v) is 4.51. The Morgan fingerprint density at radius 3 is 2.71 bits per heavy atom. The summed E-state index contributed by atoms with van der Waals surface area (Å²) < 4.78 is 2.22. The molecular formula is C18H25N3. The first-order valence-corrected chi connectivity index (χ1v) is 8.04. The summed E-state index contributed by atoms with van der Waals surface area (Å²) in [6, 6.07) is 10.6. The number of aromatic nitrogens is 2. The van der Waals surface area contributed by atoms with Crippen molar-refractivity contribution in [2.75, 3.05) is 6.54 Å². The second kappa shape index (κ2) is 6.02. The zero-order valence-corrected chi connectivity index (χ0v) is 13.0. The average molecular weight is 283 g/mol. The largest absolute Gasteiger partial charge is 0.330 e. The Balaban J connectivity index is 2.02. The van der Waals surface area contributed by atoms with Crippen molar-refractivity contribution in [3.05, 3.63) is 52.8 Å². The molecule has 3 nitrogen and oxygen atoms in total. The van der Waals surface area contributed by atoms with Crippen molar-refractivity contribution in [1.82, 2.24) is 9.78 Å². The number of nitrogens with zero attached hydrogens (tertiary/aromatic N) is 2. The maximum Gasteiger partial charge on any atom is 0.0688 e. The molecule has 1 aliphatic rings. The molecule has 0 saturated carbocycles. The van der Waals surface area contributed by atoms with Crippen molar-refractivity contribution in [1.29, 1.82) is 0 Å². The minimum atomic E-state index is 0.461. The van der Waals surface area contributed by atoms with Crippen molar-refractivity contribution in [3.8, 4) is 0 Å². The van der Waals surface area contributed by atoms with Crippen LogP contribution in [0.25, 0.3) is 0 Å². The van der Waals surface area contributed by atoms with Crippen molar-refractivity contribution in [2.24, 2.45) is 5.73 Å². The lowest BCUT2D eigenvalue weighted by molar-refractivity contribution is 0.531. The maximum atomic E-state index is 6.01. The molecule has 0 spiro atoms. The molecule has 1 aromatic heterocycles. The van der Waals surface area contributed by atoms with Crippen LogP contribution in [0.3, 0.4) is 0 Å². The summed E-state index contributed by atoms with van der Waals surface area (Å²) >= 11 is 0. The number of rotatable bonds is 4. The fraction of sp³-hybridized carbons (Fsp3) is 0.500. The Hall–Kier alpha value is -1.61. The Morgan fingerprint density at radius 2 is 2.05 bits per heavy atom. The van der Waals surface area contributed by atoms with Crippen LogP contribution in [0.1, 0.15) is 61.0 Å². The lowest BCUT2D eigenvalue weighted by Crippen LogP contribution is -2.20. The molecule has 21 heavy (non-hydrogen) atoms. The summed E-state index contributed by atoms with van der Waals surface area (Å²) in [4.78, 5) is 0. The van der Waals surface area contributed by atoms with Crippen LogP contribution in [-0.2, 0) is 13.0 Å². The van der Waals surface area contributed by atoms with E-state index in [2.05, 4.69) is 48.9 Å². The second-order valence-corrected chi connectivity index (χ2v) is 6.37. The highest BCUT2D eigenvalue weighted by Crippen LogP contribution is 2.36. The highest BCUT2D eigenvalue weighted by atomic mass is 15.3. The molecule has 0 amide bonds. The van der Waals surface area contributed by atoms with E-state index in [1.165, 1.54) is 35.4 Å². The average Bonchev–Trinajstić information content (AvgIpc) is 2.87. The SMILES string of the molecule is CC(C)c1nn(Cc2ccccc2)c2c1C(CN)CCC2. The van der Waals surface area contributed by atoms with E-state index in [9.17, 15) is 0 Å². The molecule has 1 aliphatic carbocycles. The molecule has 0 fully saturated rings. The van der Waals surface area contributed by atoms with Gasteiger partial charge in [0.1, 0.15) is 0 Å². The van der Waals surface area contributed by atoms with E-state index >= 15 is 0 Å². The van der Waals surface area contributed by atoms with Gasteiger partial charge in [-0.1, -0.05) is 44.2 Å². The standard InChI is InChI=1S/C18H25N3/c1-13(2)18-17-15(11-19)9-6-10-16(17)21(20-18)12-14-7-4-3-5-8-14/h3-5,7-8,13,15H,6,9-12,19H2,1-2H3. The van der Waals surface area contributed by atoms with E-state index in [1.807, 2.05) is 0 Å². The molecule has 0 aliphatic heterocycles. The molecule has 1 unspecified atom stereocenters. The molecule has 1 heterocycles. The van der Waals surface area contributed by atoms with Crippen molar-refractivity contribution >= 4 is 0 Å². The van der Waals surface area contributed by atoms with Gasteiger partial charge in [0.2, 0.25) is 0 Å².